The van der Waals surface area contributed by atoms with Gasteiger partial charge in [-0.1, -0.05) is 25.4 Å². The minimum Gasteiger partial charge on any atom is -0.356 e. The van der Waals surface area contributed by atoms with Crippen LogP contribution in [0.5, 0.6) is 0 Å². The van der Waals surface area contributed by atoms with Crippen molar-refractivity contribution in [3.8, 4) is 0 Å². The van der Waals surface area contributed by atoms with E-state index in [2.05, 4.69) is 23.7 Å². The summed E-state index contributed by atoms with van der Waals surface area (Å²) in [4.78, 5) is 6.75. The number of hydrogen-bond acceptors (Lipinski definition) is 3. The first kappa shape index (κ1) is 14.3. The van der Waals surface area contributed by atoms with Gasteiger partial charge in [0.1, 0.15) is 5.82 Å². The maximum atomic E-state index is 6.04. The number of thioether (sulfide) groups is 1. The summed E-state index contributed by atoms with van der Waals surface area (Å²) in [7, 11) is 0. The molecular formula is C13H18Cl2N2S. The van der Waals surface area contributed by atoms with Crippen molar-refractivity contribution < 1.29 is 0 Å². The monoisotopic (exact) mass is 304 g/mol. The molecule has 18 heavy (non-hydrogen) atoms. The van der Waals surface area contributed by atoms with Crippen LogP contribution in [0.4, 0.5) is 5.82 Å². The molecule has 0 radical (unpaired) electrons. The standard InChI is InChI=1S/C13H18Cl2N2S/c1-13(2)3-4-17(5-6-18-13)12-7-10(8-14)11(15)9-16-12/h7,9H,3-6,8H2,1-2H3. The predicted molar refractivity (Wildman–Crippen MR) is 82.2 cm³/mol. The van der Waals surface area contributed by atoms with Crippen LogP contribution in [0.3, 0.4) is 0 Å². The van der Waals surface area contributed by atoms with E-state index in [4.69, 9.17) is 23.2 Å². The summed E-state index contributed by atoms with van der Waals surface area (Å²) in [5, 5.41) is 0.651. The van der Waals surface area contributed by atoms with Gasteiger partial charge in [0.15, 0.2) is 0 Å². The van der Waals surface area contributed by atoms with E-state index in [1.807, 2.05) is 17.8 Å². The third-order valence-corrected chi connectivity index (χ3v) is 5.23. The first-order chi connectivity index (χ1) is 8.52. The van der Waals surface area contributed by atoms with Crippen molar-refractivity contribution in [1.82, 2.24) is 4.98 Å². The quantitative estimate of drug-likeness (QED) is 0.762. The summed E-state index contributed by atoms with van der Waals surface area (Å²) in [6.07, 6.45) is 2.87. The molecule has 0 atom stereocenters. The van der Waals surface area contributed by atoms with Gasteiger partial charge in [-0.3, -0.25) is 0 Å². The molecule has 0 aromatic carbocycles. The molecule has 0 bridgehead atoms. The van der Waals surface area contributed by atoms with E-state index in [0.717, 1.165) is 36.6 Å². The van der Waals surface area contributed by atoms with Crippen LogP contribution < -0.4 is 4.90 Å². The van der Waals surface area contributed by atoms with Gasteiger partial charge in [0.25, 0.3) is 0 Å². The zero-order valence-corrected chi connectivity index (χ0v) is 13.1. The molecule has 0 saturated carbocycles. The van der Waals surface area contributed by atoms with E-state index >= 15 is 0 Å². The highest BCUT2D eigenvalue weighted by molar-refractivity contribution is 8.00. The minimum absolute atomic E-state index is 0.358. The Hall–Kier alpha value is -0.120. The summed E-state index contributed by atoms with van der Waals surface area (Å²) < 4.78 is 0.358. The van der Waals surface area contributed by atoms with Gasteiger partial charge in [-0.25, -0.2) is 4.98 Å². The number of halogens is 2. The summed E-state index contributed by atoms with van der Waals surface area (Å²) in [5.74, 6) is 2.56. The van der Waals surface area contributed by atoms with Gasteiger partial charge in [-0.05, 0) is 18.1 Å². The molecular weight excluding hydrogens is 287 g/mol. The van der Waals surface area contributed by atoms with Crippen LogP contribution in [0, 0.1) is 0 Å². The van der Waals surface area contributed by atoms with E-state index < -0.39 is 0 Å². The van der Waals surface area contributed by atoms with Crippen molar-refractivity contribution in [2.24, 2.45) is 0 Å². The Morgan fingerprint density at radius 2 is 2.22 bits per heavy atom. The van der Waals surface area contributed by atoms with Crippen LogP contribution in [-0.4, -0.2) is 28.6 Å². The molecule has 1 aromatic rings. The van der Waals surface area contributed by atoms with Crippen molar-refractivity contribution in [1.29, 1.82) is 0 Å². The topological polar surface area (TPSA) is 16.1 Å². The second-order valence-electron chi connectivity index (χ2n) is 5.11. The maximum absolute atomic E-state index is 6.04. The summed E-state index contributed by atoms with van der Waals surface area (Å²) in [6, 6.07) is 2.01. The van der Waals surface area contributed by atoms with Gasteiger partial charge in [-0.2, -0.15) is 11.8 Å². The summed E-state index contributed by atoms with van der Waals surface area (Å²) in [6.45, 7) is 6.68. The SMILES string of the molecule is CC1(C)CCN(c2cc(CCl)c(Cl)cn2)CCS1. The highest BCUT2D eigenvalue weighted by Crippen LogP contribution is 2.32. The van der Waals surface area contributed by atoms with Crippen LogP contribution in [0.1, 0.15) is 25.8 Å². The Morgan fingerprint density at radius 3 is 2.94 bits per heavy atom. The van der Waals surface area contributed by atoms with Crippen LogP contribution in [0.15, 0.2) is 12.3 Å². The first-order valence-corrected chi connectivity index (χ1v) is 8.01. The Bertz CT molecular complexity index is 423. The van der Waals surface area contributed by atoms with Gasteiger partial charge in [0.2, 0.25) is 0 Å². The number of alkyl halides is 1. The van der Waals surface area contributed by atoms with E-state index in [-0.39, 0.29) is 0 Å². The fourth-order valence-corrected chi connectivity index (χ4v) is 3.55. The Labute approximate surface area is 123 Å². The summed E-state index contributed by atoms with van der Waals surface area (Å²) in [5.41, 5.74) is 0.958. The molecule has 2 nitrogen and oxygen atoms in total. The van der Waals surface area contributed by atoms with Gasteiger partial charge < -0.3 is 4.90 Å². The molecule has 0 spiro atoms. The highest BCUT2D eigenvalue weighted by atomic mass is 35.5. The molecule has 2 heterocycles. The molecule has 0 amide bonds. The van der Waals surface area contributed by atoms with Crippen molar-refractivity contribution in [3.05, 3.63) is 22.8 Å². The number of pyridine rings is 1. The number of hydrogen-bond donors (Lipinski definition) is 0. The van der Waals surface area contributed by atoms with E-state index in [9.17, 15) is 0 Å². The third-order valence-electron chi connectivity index (χ3n) is 3.23. The van der Waals surface area contributed by atoms with Gasteiger partial charge in [-0.15, -0.1) is 11.6 Å². The van der Waals surface area contributed by atoms with Gasteiger partial charge >= 0.3 is 0 Å². The molecule has 0 aliphatic carbocycles. The molecule has 1 aliphatic rings. The van der Waals surface area contributed by atoms with Crippen LogP contribution in [-0.2, 0) is 5.88 Å². The zero-order chi connectivity index (χ0) is 13.2. The third kappa shape index (κ3) is 3.46. The van der Waals surface area contributed by atoms with Gasteiger partial charge in [0, 0.05) is 35.7 Å². The lowest BCUT2D eigenvalue weighted by Crippen LogP contribution is -2.27. The van der Waals surface area contributed by atoms with E-state index in [0.29, 0.717) is 15.6 Å². The normalized spacial score (nSPS) is 19.7. The Balaban J connectivity index is 2.16. The second kappa shape index (κ2) is 5.89. The Morgan fingerprint density at radius 1 is 1.44 bits per heavy atom. The van der Waals surface area contributed by atoms with Crippen LogP contribution >= 0.6 is 35.0 Å². The van der Waals surface area contributed by atoms with E-state index in [1.165, 1.54) is 0 Å². The number of aromatic nitrogens is 1. The van der Waals surface area contributed by atoms with Gasteiger partial charge in [0.05, 0.1) is 5.02 Å². The highest BCUT2D eigenvalue weighted by Gasteiger charge is 2.24. The number of rotatable bonds is 2. The van der Waals surface area contributed by atoms with E-state index in [1.54, 1.807) is 6.20 Å². The molecule has 100 valence electrons. The fraction of sp³-hybridized carbons (Fsp3) is 0.615. The first-order valence-electron chi connectivity index (χ1n) is 6.11. The number of anilines is 1. The lowest BCUT2D eigenvalue weighted by atomic mass is 10.1. The summed E-state index contributed by atoms with van der Waals surface area (Å²) >= 11 is 14.0. The smallest absolute Gasteiger partial charge is 0.128 e. The molecule has 2 rings (SSSR count). The van der Waals surface area contributed by atoms with Crippen molar-refractivity contribution >= 4 is 40.8 Å². The fourth-order valence-electron chi connectivity index (χ4n) is 1.99. The van der Waals surface area contributed by atoms with Crippen molar-refractivity contribution in [2.45, 2.75) is 30.9 Å². The number of nitrogens with zero attached hydrogens (tertiary/aromatic N) is 2. The van der Waals surface area contributed by atoms with Crippen LogP contribution in [0.25, 0.3) is 0 Å². The minimum atomic E-state index is 0.358. The average molecular weight is 305 g/mol. The molecule has 5 heteroatoms. The molecule has 0 unspecified atom stereocenters. The lowest BCUT2D eigenvalue weighted by molar-refractivity contribution is 0.635. The molecule has 1 fully saturated rings. The maximum Gasteiger partial charge on any atom is 0.128 e. The van der Waals surface area contributed by atoms with Crippen molar-refractivity contribution in [3.63, 3.8) is 0 Å². The zero-order valence-electron chi connectivity index (χ0n) is 10.7. The molecule has 0 N–H and O–H groups in total. The average Bonchev–Trinajstić information content (AvgIpc) is 2.51. The predicted octanol–water partition coefficient (Wildman–Crippen LogP) is 4.20. The largest absolute Gasteiger partial charge is 0.356 e. The molecule has 1 aromatic heterocycles. The Kier molecular flexibility index (Phi) is 4.68. The second-order valence-corrected chi connectivity index (χ2v) is 7.59. The molecule has 1 saturated heterocycles. The molecule has 1 aliphatic heterocycles. The van der Waals surface area contributed by atoms with Crippen LogP contribution in [0.2, 0.25) is 5.02 Å². The lowest BCUT2D eigenvalue weighted by Gasteiger charge is -2.23. The van der Waals surface area contributed by atoms with Crippen molar-refractivity contribution in [2.75, 3.05) is 23.7 Å².